The summed E-state index contributed by atoms with van der Waals surface area (Å²) in [5.74, 6) is -0.369. The minimum atomic E-state index is -0.369. The molecule has 0 aromatic heterocycles. The third-order valence-electron chi connectivity index (χ3n) is 1.70. The number of anilines is 1. The van der Waals surface area contributed by atoms with Crippen LogP contribution in [0.25, 0.3) is 0 Å². The molecule has 0 saturated heterocycles. The molecule has 1 aromatic carbocycles. The van der Waals surface area contributed by atoms with Gasteiger partial charge in [0.15, 0.2) is 0 Å². The van der Waals surface area contributed by atoms with Gasteiger partial charge in [-0.2, -0.15) is 0 Å². The first-order valence-corrected chi connectivity index (χ1v) is 4.14. The third-order valence-corrected chi connectivity index (χ3v) is 1.70. The summed E-state index contributed by atoms with van der Waals surface area (Å²) in [6.45, 7) is 0.261. The molecule has 0 aliphatic rings. The molecule has 0 aliphatic heterocycles. The van der Waals surface area contributed by atoms with Gasteiger partial charge in [0.2, 0.25) is 0 Å². The molecule has 14 heavy (non-hydrogen) atoms. The molecule has 74 valence electrons. The Morgan fingerprint density at radius 1 is 1.43 bits per heavy atom. The normalized spacial score (nSPS) is 9.21. The van der Waals surface area contributed by atoms with Crippen LogP contribution in [0.15, 0.2) is 24.3 Å². The Kier molecular flexibility index (Phi) is 3.67. The Labute approximate surface area is 81.9 Å². The molecule has 1 N–H and O–H groups in total. The Morgan fingerprint density at radius 3 is 2.57 bits per heavy atom. The van der Waals surface area contributed by atoms with Crippen molar-refractivity contribution in [1.29, 1.82) is 0 Å². The van der Waals surface area contributed by atoms with Crippen LogP contribution < -0.4 is 5.32 Å². The van der Waals surface area contributed by atoms with Crippen LogP contribution >= 0.6 is 0 Å². The zero-order valence-electron chi connectivity index (χ0n) is 7.82. The molecule has 0 radical (unpaired) electrons. The number of ether oxygens (including phenoxy) is 1. The van der Waals surface area contributed by atoms with Crippen molar-refractivity contribution < 1.29 is 14.3 Å². The maximum Gasteiger partial charge on any atom is 0.337 e. The average molecular weight is 193 g/mol. The number of methoxy groups -OCH3 is 1. The number of rotatable bonds is 4. The fourth-order valence-corrected chi connectivity index (χ4v) is 1.00. The van der Waals surface area contributed by atoms with Crippen LogP contribution in [-0.2, 0) is 9.53 Å². The number of carbonyl (C=O) groups is 2. The predicted octanol–water partition coefficient (Wildman–Crippen LogP) is 1.08. The summed E-state index contributed by atoms with van der Waals surface area (Å²) in [6.07, 6.45) is 0.772. The molecule has 0 fully saturated rings. The first-order valence-electron chi connectivity index (χ1n) is 4.14. The number of hydrogen-bond donors (Lipinski definition) is 1. The highest BCUT2D eigenvalue weighted by Gasteiger charge is 2.03. The summed E-state index contributed by atoms with van der Waals surface area (Å²) in [7, 11) is 1.33. The molecular weight excluding hydrogens is 182 g/mol. The summed E-state index contributed by atoms with van der Waals surface area (Å²) in [4.78, 5) is 21.1. The van der Waals surface area contributed by atoms with Crippen LogP contribution in [0.1, 0.15) is 10.4 Å². The van der Waals surface area contributed by atoms with Crippen molar-refractivity contribution in [2.75, 3.05) is 19.0 Å². The molecule has 0 unspecified atom stereocenters. The smallest absolute Gasteiger partial charge is 0.337 e. The molecule has 0 heterocycles. The number of aldehydes is 1. The standard InChI is InChI=1S/C10H11NO3/c1-14-10(13)8-2-4-9(5-3-8)11-6-7-12/h2-5,7,11H,6H2,1H3. The van der Waals surface area contributed by atoms with Gasteiger partial charge in [-0.25, -0.2) is 4.79 Å². The third kappa shape index (κ3) is 2.58. The lowest BCUT2D eigenvalue weighted by molar-refractivity contribution is -0.106. The van der Waals surface area contributed by atoms with Crippen LogP contribution in [-0.4, -0.2) is 25.9 Å². The first kappa shape index (κ1) is 10.2. The van der Waals surface area contributed by atoms with Crippen molar-refractivity contribution in [2.45, 2.75) is 0 Å². The number of carbonyl (C=O) groups excluding carboxylic acids is 2. The maximum absolute atomic E-state index is 11.0. The van der Waals surface area contributed by atoms with Crippen LogP contribution in [0.2, 0.25) is 0 Å². The lowest BCUT2D eigenvalue weighted by Crippen LogP contribution is -2.04. The van der Waals surface area contributed by atoms with Crippen molar-refractivity contribution in [3.8, 4) is 0 Å². The van der Waals surface area contributed by atoms with E-state index in [0.29, 0.717) is 5.56 Å². The van der Waals surface area contributed by atoms with Gasteiger partial charge in [-0.05, 0) is 24.3 Å². The second-order valence-electron chi connectivity index (χ2n) is 2.62. The van der Waals surface area contributed by atoms with Crippen molar-refractivity contribution in [3.05, 3.63) is 29.8 Å². The summed E-state index contributed by atoms with van der Waals surface area (Å²) in [5.41, 5.74) is 1.29. The number of nitrogens with one attached hydrogen (secondary N) is 1. The second kappa shape index (κ2) is 5.01. The number of hydrogen-bond acceptors (Lipinski definition) is 4. The highest BCUT2D eigenvalue weighted by atomic mass is 16.5. The Hall–Kier alpha value is -1.84. The summed E-state index contributed by atoms with van der Waals surface area (Å²) < 4.78 is 4.54. The molecule has 0 saturated carbocycles. The lowest BCUT2D eigenvalue weighted by Gasteiger charge is -2.03. The summed E-state index contributed by atoms with van der Waals surface area (Å²) in [6, 6.07) is 6.71. The van der Waals surface area contributed by atoms with E-state index in [-0.39, 0.29) is 12.5 Å². The van der Waals surface area contributed by atoms with Gasteiger partial charge < -0.3 is 14.8 Å². The monoisotopic (exact) mass is 193 g/mol. The zero-order valence-corrected chi connectivity index (χ0v) is 7.82. The van der Waals surface area contributed by atoms with Gasteiger partial charge in [-0.1, -0.05) is 0 Å². The first-order chi connectivity index (χ1) is 6.77. The predicted molar refractivity (Wildman–Crippen MR) is 52.3 cm³/mol. The number of esters is 1. The summed E-state index contributed by atoms with van der Waals surface area (Å²) >= 11 is 0. The van der Waals surface area contributed by atoms with Crippen LogP contribution in [0, 0.1) is 0 Å². The Bertz CT molecular complexity index is 319. The van der Waals surface area contributed by atoms with Gasteiger partial charge in [0.25, 0.3) is 0 Å². The van der Waals surface area contributed by atoms with Crippen LogP contribution in [0.5, 0.6) is 0 Å². The van der Waals surface area contributed by atoms with Gasteiger partial charge in [0.05, 0.1) is 19.2 Å². The second-order valence-corrected chi connectivity index (χ2v) is 2.62. The van der Waals surface area contributed by atoms with Gasteiger partial charge in [-0.3, -0.25) is 0 Å². The molecule has 4 nitrogen and oxygen atoms in total. The molecule has 4 heteroatoms. The topological polar surface area (TPSA) is 55.4 Å². The maximum atomic E-state index is 11.0. The van der Waals surface area contributed by atoms with Crippen molar-refractivity contribution >= 4 is 17.9 Å². The van der Waals surface area contributed by atoms with E-state index in [1.165, 1.54) is 7.11 Å². The van der Waals surface area contributed by atoms with Gasteiger partial charge >= 0.3 is 5.97 Å². The van der Waals surface area contributed by atoms with Crippen molar-refractivity contribution in [3.63, 3.8) is 0 Å². The average Bonchev–Trinajstić information content (AvgIpc) is 2.26. The largest absolute Gasteiger partial charge is 0.465 e. The zero-order chi connectivity index (χ0) is 10.4. The van der Waals surface area contributed by atoms with E-state index in [2.05, 4.69) is 10.1 Å². The van der Waals surface area contributed by atoms with Gasteiger partial charge in [0.1, 0.15) is 6.29 Å². The molecule has 0 amide bonds. The van der Waals surface area contributed by atoms with E-state index in [1.807, 2.05) is 0 Å². The summed E-state index contributed by atoms with van der Waals surface area (Å²) in [5, 5.41) is 2.86. The van der Waals surface area contributed by atoms with Gasteiger partial charge in [0, 0.05) is 5.69 Å². The van der Waals surface area contributed by atoms with Crippen LogP contribution in [0.3, 0.4) is 0 Å². The molecule has 0 spiro atoms. The fraction of sp³-hybridized carbons (Fsp3) is 0.200. The molecule has 0 atom stereocenters. The highest BCUT2D eigenvalue weighted by Crippen LogP contribution is 2.09. The van der Waals surface area contributed by atoms with E-state index in [1.54, 1.807) is 24.3 Å². The Morgan fingerprint density at radius 2 is 2.07 bits per heavy atom. The molecule has 1 rings (SSSR count). The minimum Gasteiger partial charge on any atom is -0.465 e. The van der Waals surface area contributed by atoms with Crippen molar-refractivity contribution in [1.82, 2.24) is 0 Å². The highest BCUT2D eigenvalue weighted by molar-refractivity contribution is 5.89. The lowest BCUT2D eigenvalue weighted by atomic mass is 10.2. The van der Waals surface area contributed by atoms with Crippen LogP contribution in [0.4, 0.5) is 5.69 Å². The molecular formula is C10H11NO3. The van der Waals surface area contributed by atoms with E-state index >= 15 is 0 Å². The van der Waals surface area contributed by atoms with Gasteiger partial charge in [-0.15, -0.1) is 0 Å². The quantitative estimate of drug-likeness (QED) is 0.574. The fourth-order valence-electron chi connectivity index (χ4n) is 1.00. The molecule has 1 aromatic rings. The molecule has 0 aliphatic carbocycles. The number of benzene rings is 1. The van der Waals surface area contributed by atoms with E-state index < -0.39 is 0 Å². The Balaban J connectivity index is 2.68. The van der Waals surface area contributed by atoms with Crippen molar-refractivity contribution in [2.24, 2.45) is 0 Å². The van der Waals surface area contributed by atoms with E-state index in [4.69, 9.17) is 0 Å². The van der Waals surface area contributed by atoms with E-state index in [9.17, 15) is 9.59 Å². The van der Waals surface area contributed by atoms with E-state index in [0.717, 1.165) is 12.0 Å². The molecule has 0 bridgehead atoms. The SMILES string of the molecule is COC(=O)c1ccc(NCC=O)cc1. The minimum absolute atomic E-state index is 0.261.